The maximum absolute atomic E-state index is 11.6. The van der Waals surface area contributed by atoms with Crippen LogP contribution in [0.1, 0.15) is 48.5 Å². The highest BCUT2D eigenvalue weighted by atomic mass is 35.5. The Balaban J connectivity index is 1.56. The van der Waals surface area contributed by atoms with Crippen LogP contribution in [0.15, 0.2) is 71.3 Å². The number of carbonyl (C=O) groups is 1. The number of rotatable bonds is 8. The van der Waals surface area contributed by atoms with E-state index in [1.807, 2.05) is 42.5 Å². The summed E-state index contributed by atoms with van der Waals surface area (Å²) in [5, 5.41) is 14.8. The molecule has 1 aliphatic carbocycles. The van der Waals surface area contributed by atoms with E-state index in [0.717, 1.165) is 35.3 Å². The van der Waals surface area contributed by atoms with E-state index >= 15 is 0 Å². The molecule has 1 saturated carbocycles. The highest BCUT2D eigenvalue weighted by molar-refractivity contribution is 6.39. The van der Waals surface area contributed by atoms with Gasteiger partial charge in [-0.25, -0.2) is 0 Å². The number of hydrogen-bond donors (Lipinski definition) is 1. The zero-order valence-electron chi connectivity index (χ0n) is 19.0. The molecule has 1 heterocycles. The van der Waals surface area contributed by atoms with Crippen LogP contribution in [0.4, 0.5) is 0 Å². The molecule has 1 fully saturated rings. The zero-order valence-corrected chi connectivity index (χ0v) is 20.5. The molecule has 0 bridgehead atoms. The number of aliphatic carboxylic acids is 1. The first-order chi connectivity index (χ1) is 16.9. The third-order valence-electron chi connectivity index (χ3n) is 6.30. The van der Waals surface area contributed by atoms with E-state index in [4.69, 9.17) is 32.5 Å². The molecule has 5 nitrogen and oxygen atoms in total. The van der Waals surface area contributed by atoms with Crippen LogP contribution >= 0.6 is 23.2 Å². The van der Waals surface area contributed by atoms with Crippen molar-refractivity contribution in [3.05, 3.63) is 93.7 Å². The Morgan fingerprint density at radius 3 is 2.46 bits per heavy atom. The van der Waals surface area contributed by atoms with Crippen molar-refractivity contribution in [3.63, 3.8) is 0 Å². The van der Waals surface area contributed by atoms with Crippen LogP contribution in [-0.2, 0) is 11.4 Å². The largest absolute Gasteiger partial charge is 0.488 e. The van der Waals surface area contributed by atoms with Gasteiger partial charge in [-0.2, -0.15) is 0 Å². The molecule has 0 saturated heterocycles. The average Bonchev–Trinajstić information content (AvgIpc) is 3.62. The Morgan fingerprint density at radius 1 is 1.09 bits per heavy atom. The summed E-state index contributed by atoms with van der Waals surface area (Å²) in [7, 11) is 0. The van der Waals surface area contributed by atoms with Crippen molar-refractivity contribution in [3.8, 4) is 28.1 Å². The van der Waals surface area contributed by atoms with Gasteiger partial charge in [-0.3, -0.25) is 4.79 Å². The minimum atomic E-state index is -0.894. The Labute approximate surface area is 213 Å². The number of carboxylic acid groups (broad SMARTS) is 1. The Hall–Kier alpha value is -3.28. The highest BCUT2D eigenvalue weighted by Gasteiger charge is 2.34. The van der Waals surface area contributed by atoms with Gasteiger partial charge in [-0.1, -0.05) is 76.9 Å². The third-order valence-corrected chi connectivity index (χ3v) is 6.93. The molecule has 5 rings (SSSR count). The fraction of sp³-hybridized carbons (Fsp3) is 0.214. The van der Waals surface area contributed by atoms with Crippen LogP contribution in [0.5, 0.6) is 5.75 Å². The summed E-state index contributed by atoms with van der Waals surface area (Å²) < 4.78 is 12.1. The van der Waals surface area contributed by atoms with E-state index in [2.05, 4.69) is 5.16 Å². The lowest BCUT2D eigenvalue weighted by Crippen LogP contribution is -2.08. The Kier molecular flexibility index (Phi) is 6.54. The van der Waals surface area contributed by atoms with Crippen molar-refractivity contribution >= 4 is 29.2 Å². The number of aromatic nitrogens is 1. The van der Waals surface area contributed by atoms with Gasteiger partial charge in [0.15, 0.2) is 0 Å². The molecule has 7 heteroatoms. The van der Waals surface area contributed by atoms with Gasteiger partial charge in [0.05, 0.1) is 21.5 Å². The first-order valence-corrected chi connectivity index (χ1v) is 12.2. The number of hydrogen-bond acceptors (Lipinski definition) is 4. The lowest BCUT2D eigenvalue weighted by Gasteiger charge is -2.16. The first kappa shape index (κ1) is 23.5. The number of nitrogens with zero attached hydrogens (tertiary/aromatic N) is 1. The molecule has 1 aromatic heterocycles. The summed E-state index contributed by atoms with van der Waals surface area (Å²) in [6.07, 6.45) is 2.05. The minimum absolute atomic E-state index is 0.178. The maximum atomic E-state index is 11.6. The van der Waals surface area contributed by atoms with E-state index in [9.17, 15) is 9.90 Å². The van der Waals surface area contributed by atoms with Gasteiger partial charge in [0.25, 0.3) is 0 Å². The molecule has 4 aromatic rings. The molecule has 1 N–H and O–H groups in total. The molecule has 178 valence electrons. The van der Waals surface area contributed by atoms with Gasteiger partial charge >= 0.3 is 5.97 Å². The molecule has 35 heavy (non-hydrogen) atoms. The van der Waals surface area contributed by atoms with Gasteiger partial charge in [-0.05, 0) is 49.1 Å². The Morgan fingerprint density at radius 2 is 1.80 bits per heavy atom. The number of benzene rings is 3. The summed E-state index contributed by atoms with van der Waals surface area (Å²) in [6.45, 7) is 1.84. The van der Waals surface area contributed by atoms with E-state index in [-0.39, 0.29) is 6.61 Å². The van der Waals surface area contributed by atoms with Crippen molar-refractivity contribution < 1.29 is 19.2 Å². The first-order valence-electron chi connectivity index (χ1n) is 11.4. The standard InChI is InChI=1S/C28H23Cl2NO4/c1-16(28(32)33)19-12-13-20(17-6-3-2-4-7-17)24(14-19)34-15-21-26(31-35-27(21)18-10-11-18)25-22(29)8-5-9-23(25)30/h2-9,12-14,16,18H,10-11,15H2,1H3,(H,32,33). The van der Waals surface area contributed by atoms with Gasteiger partial charge < -0.3 is 14.4 Å². The van der Waals surface area contributed by atoms with Gasteiger partial charge in [0, 0.05) is 17.0 Å². The summed E-state index contributed by atoms with van der Waals surface area (Å²) in [5.41, 5.74) is 4.49. The van der Waals surface area contributed by atoms with Crippen molar-refractivity contribution in [2.24, 2.45) is 0 Å². The molecule has 1 unspecified atom stereocenters. The second-order valence-corrected chi connectivity index (χ2v) is 9.53. The van der Waals surface area contributed by atoms with Crippen LogP contribution in [0.25, 0.3) is 22.4 Å². The predicted octanol–water partition coefficient (Wildman–Crippen LogP) is 7.96. The van der Waals surface area contributed by atoms with Crippen molar-refractivity contribution in [1.29, 1.82) is 0 Å². The monoisotopic (exact) mass is 507 g/mol. The van der Waals surface area contributed by atoms with Crippen LogP contribution in [0.2, 0.25) is 10.0 Å². The predicted molar refractivity (Wildman–Crippen MR) is 136 cm³/mol. The lowest BCUT2D eigenvalue weighted by atomic mass is 9.96. The van der Waals surface area contributed by atoms with Crippen LogP contribution in [0, 0.1) is 0 Å². The minimum Gasteiger partial charge on any atom is -0.488 e. The second-order valence-electron chi connectivity index (χ2n) is 8.72. The van der Waals surface area contributed by atoms with Crippen molar-refractivity contribution in [2.45, 2.75) is 38.2 Å². The van der Waals surface area contributed by atoms with Crippen LogP contribution in [-0.4, -0.2) is 16.2 Å². The van der Waals surface area contributed by atoms with E-state index < -0.39 is 11.9 Å². The molecule has 0 radical (unpaired) electrons. The maximum Gasteiger partial charge on any atom is 0.310 e. The van der Waals surface area contributed by atoms with E-state index in [0.29, 0.717) is 38.5 Å². The summed E-state index contributed by atoms with van der Waals surface area (Å²) in [4.78, 5) is 11.6. The van der Waals surface area contributed by atoms with E-state index in [1.165, 1.54) is 0 Å². The molecule has 1 atom stereocenters. The summed E-state index contributed by atoms with van der Waals surface area (Å²) in [6, 6.07) is 20.7. The smallest absolute Gasteiger partial charge is 0.310 e. The molecule has 0 spiro atoms. The number of halogens is 2. The molecule has 3 aromatic carbocycles. The molecule has 1 aliphatic rings. The summed E-state index contributed by atoms with van der Waals surface area (Å²) >= 11 is 13.0. The topological polar surface area (TPSA) is 72.6 Å². The molecule has 0 amide bonds. The van der Waals surface area contributed by atoms with E-state index in [1.54, 1.807) is 31.2 Å². The third kappa shape index (κ3) is 4.79. The molecular formula is C28H23Cl2NO4. The average molecular weight is 508 g/mol. The Bertz CT molecular complexity index is 1360. The van der Waals surface area contributed by atoms with Gasteiger partial charge in [0.2, 0.25) is 0 Å². The summed E-state index contributed by atoms with van der Waals surface area (Å²) in [5.74, 6) is 0.0997. The van der Waals surface area contributed by atoms with Crippen molar-refractivity contribution in [1.82, 2.24) is 5.16 Å². The number of ether oxygens (including phenoxy) is 1. The van der Waals surface area contributed by atoms with Gasteiger partial charge in [0.1, 0.15) is 23.8 Å². The second kappa shape index (κ2) is 9.76. The van der Waals surface area contributed by atoms with Crippen LogP contribution < -0.4 is 4.74 Å². The normalized spacial score (nSPS) is 14.0. The van der Waals surface area contributed by atoms with Crippen molar-refractivity contribution in [2.75, 3.05) is 0 Å². The van der Waals surface area contributed by atoms with Gasteiger partial charge in [-0.15, -0.1) is 0 Å². The highest BCUT2D eigenvalue weighted by Crippen LogP contribution is 2.46. The molecule has 0 aliphatic heterocycles. The number of carboxylic acids is 1. The quantitative estimate of drug-likeness (QED) is 0.261. The molecular weight excluding hydrogens is 485 g/mol. The zero-order chi connectivity index (χ0) is 24.5. The SMILES string of the molecule is CC(C(=O)O)c1ccc(-c2ccccc2)c(OCc2c(-c3c(Cl)cccc3Cl)noc2C2CC2)c1. The van der Waals surface area contributed by atoms with Crippen LogP contribution in [0.3, 0.4) is 0 Å². The lowest BCUT2D eigenvalue weighted by molar-refractivity contribution is -0.138. The fourth-order valence-electron chi connectivity index (χ4n) is 4.12. The fourth-order valence-corrected chi connectivity index (χ4v) is 4.70.